The van der Waals surface area contributed by atoms with Crippen molar-refractivity contribution < 1.29 is 4.79 Å². The second-order valence-electron chi connectivity index (χ2n) is 6.75. The minimum Gasteiger partial charge on any atom is -0.331 e. The Kier molecular flexibility index (Phi) is 3.78. The second kappa shape index (κ2) is 6.01. The van der Waals surface area contributed by atoms with Gasteiger partial charge < -0.3 is 9.88 Å². The van der Waals surface area contributed by atoms with Crippen LogP contribution in [0.2, 0.25) is 0 Å². The van der Waals surface area contributed by atoms with Crippen LogP contribution >= 0.6 is 0 Å². The van der Waals surface area contributed by atoms with Crippen molar-refractivity contribution in [1.29, 1.82) is 0 Å². The number of carbonyl (C=O) groups is 1. The minimum absolute atomic E-state index is 0.121. The zero-order valence-corrected chi connectivity index (χ0v) is 14.9. The van der Waals surface area contributed by atoms with Crippen molar-refractivity contribution in [3.8, 4) is 0 Å². The van der Waals surface area contributed by atoms with Gasteiger partial charge in [0, 0.05) is 12.1 Å². The number of hydrogen-bond donors (Lipinski definition) is 1. The number of nitrogens with one attached hydrogen (secondary N) is 1. The van der Waals surface area contributed by atoms with E-state index in [9.17, 15) is 9.59 Å². The maximum Gasteiger partial charge on any atom is 0.273 e. The molecule has 0 spiro atoms. The van der Waals surface area contributed by atoms with Gasteiger partial charge in [-0.25, -0.2) is 14.5 Å². The van der Waals surface area contributed by atoms with Crippen molar-refractivity contribution in [2.24, 2.45) is 0 Å². The molecule has 1 N–H and O–H groups in total. The number of fused-ring (bicyclic) bond motifs is 2. The van der Waals surface area contributed by atoms with E-state index in [2.05, 4.69) is 25.0 Å². The molecule has 26 heavy (non-hydrogen) atoms. The predicted octanol–water partition coefficient (Wildman–Crippen LogP) is 0.838. The van der Waals surface area contributed by atoms with E-state index in [0.29, 0.717) is 48.1 Å². The largest absolute Gasteiger partial charge is 0.331 e. The molecular formula is C17H19N7O2. The molecule has 0 unspecified atom stereocenters. The number of carbonyl (C=O) groups excluding carboxylic acids is 1. The molecule has 0 bridgehead atoms. The summed E-state index contributed by atoms with van der Waals surface area (Å²) < 4.78 is 1.65. The molecule has 9 nitrogen and oxygen atoms in total. The number of aromatic amines is 1. The molecule has 0 aliphatic carbocycles. The summed E-state index contributed by atoms with van der Waals surface area (Å²) in [5, 5.41) is 4.17. The monoisotopic (exact) mass is 353 g/mol. The maximum absolute atomic E-state index is 13.0. The maximum atomic E-state index is 13.0. The van der Waals surface area contributed by atoms with Crippen LogP contribution in [-0.2, 0) is 13.0 Å². The fourth-order valence-corrected chi connectivity index (χ4v) is 3.26. The third-order valence-corrected chi connectivity index (χ3v) is 4.57. The predicted molar refractivity (Wildman–Crippen MR) is 92.9 cm³/mol. The fraction of sp³-hybridized carbons (Fsp3) is 0.412. The Morgan fingerprint density at radius 2 is 2.12 bits per heavy atom. The molecule has 134 valence electrons. The van der Waals surface area contributed by atoms with E-state index in [0.717, 1.165) is 5.69 Å². The Bertz CT molecular complexity index is 1070. The van der Waals surface area contributed by atoms with Crippen LogP contribution in [0.5, 0.6) is 0 Å². The highest BCUT2D eigenvalue weighted by molar-refractivity contribution is 5.93. The lowest BCUT2D eigenvalue weighted by atomic mass is 10.1. The summed E-state index contributed by atoms with van der Waals surface area (Å²) in [6, 6.07) is 1.76. The number of H-pyrrole nitrogens is 1. The first-order chi connectivity index (χ1) is 12.4. The van der Waals surface area contributed by atoms with Gasteiger partial charge in [0.2, 0.25) is 0 Å². The first-order valence-corrected chi connectivity index (χ1v) is 8.52. The Morgan fingerprint density at radius 1 is 1.31 bits per heavy atom. The summed E-state index contributed by atoms with van der Waals surface area (Å²) in [6.07, 6.45) is 1.91. The van der Waals surface area contributed by atoms with Gasteiger partial charge in [-0.2, -0.15) is 10.1 Å². The quantitative estimate of drug-likeness (QED) is 0.731. The summed E-state index contributed by atoms with van der Waals surface area (Å²) >= 11 is 0. The number of aromatic nitrogens is 6. The normalized spacial score (nSPS) is 14.1. The minimum atomic E-state index is -0.192. The van der Waals surface area contributed by atoms with Crippen molar-refractivity contribution in [3.05, 3.63) is 51.2 Å². The molecule has 0 fully saturated rings. The van der Waals surface area contributed by atoms with Crippen LogP contribution in [0.1, 0.15) is 53.0 Å². The molecule has 1 aliphatic rings. The Labute approximate surface area is 149 Å². The van der Waals surface area contributed by atoms with Crippen molar-refractivity contribution in [2.75, 3.05) is 6.54 Å². The van der Waals surface area contributed by atoms with Crippen LogP contribution < -0.4 is 5.56 Å². The van der Waals surface area contributed by atoms with Gasteiger partial charge in [-0.3, -0.25) is 9.59 Å². The van der Waals surface area contributed by atoms with Crippen LogP contribution in [0.3, 0.4) is 0 Å². The molecule has 4 rings (SSSR count). The van der Waals surface area contributed by atoms with E-state index in [4.69, 9.17) is 0 Å². The Morgan fingerprint density at radius 3 is 2.88 bits per heavy atom. The van der Waals surface area contributed by atoms with E-state index in [1.807, 2.05) is 13.8 Å². The third kappa shape index (κ3) is 2.65. The summed E-state index contributed by atoms with van der Waals surface area (Å²) in [4.78, 5) is 42.3. The Balaban J connectivity index is 1.70. The van der Waals surface area contributed by atoms with E-state index in [-0.39, 0.29) is 17.4 Å². The lowest BCUT2D eigenvalue weighted by Crippen LogP contribution is -2.39. The number of rotatable bonds is 2. The number of nitrogens with zero attached hydrogens (tertiary/aromatic N) is 6. The number of aryl methyl sites for hydroxylation is 1. The number of amides is 1. The van der Waals surface area contributed by atoms with E-state index >= 15 is 0 Å². The lowest BCUT2D eigenvalue weighted by molar-refractivity contribution is 0.0725. The Hall–Kier alpha value is -3.10. The summed E-state index contributed by atoms with van der Waals surface area (Å²) in [5.74, 6) is 0.928. The molecule has 3 aromatic heterocycles. The van der Waals surface area contributed by atoms with Gasteiger partial charge >= 0.3 is 0 Å². The van der Waals surface area contributed by atoms with Crippen LogP contribution in [0.15, 0.2) is 17.2 Å². The van der Waals surface area contributed by atoms with Crippen LogP contribution in [0.4, 0.5) is 0 Å². The average Bonchev–Trinajstić information content (AvgIpc) is 3.07. The highest BCUT2D eigenvalue weighted by atomic mass is 16.2. The zero-order valence-electron chi connectivity index (χ0n) is 14.9. The number of hydrogen-bond acceptors (Lipinski definition) is 6. The molecule has 0 atom stereocenters. The van der Waals surface area contributed by atoms with Gasteiger partial charge in [0.15, 0.2) is 0 Å². The zero-order chi connectivity index (χ0) is 18.4. The molecule has 1 aliphatic heterocycles. The van der Waals surface area contributed by atoms with E-state index in [1.54, 1.807) is 22.4 Å². The van der Waals surface area contributed by atoms with Crippen molar-refractivity contribution in [2.45, 2.75) is 39.7 Å². The van der Waals surface area contributed by atoms with E-state index in [1.165, 1.54) is 6.33 Å². The molecule has 9 heteroatoms. The summed E-state index contributed by atoms with van der Waals surface area (Å²) in [6.45, 7) is 6.55. The summed E-state index contributed by atoms with van der Waals surface area (Å²) in [5.41, 5.74) is 2.39. The molecule has 0 saturated carbocycles. The average molecular weight is 353 g/mol. The third-order valence-electron chi connectivity index (χ3n) is 4.57. The molecule has 0 saturated heterocycles. The van der Waals surface area contributed by atoms with Crippen molar-refractivity contribution >= 4 is 11.7 Å². The topological polar surface area (TPSA) is 109 Å². The molecule has 0 radical (unpaired) electrons. The smallest absolute Gasteiger partial charge is 0.273 e. The van der Waals surface area contributed by atoms with Gasteiger partial charge in [0.05, 0.1) is 17.9 Å². The molecule has 4 heterocycles. The van der Waals surface area contributed by atoms with Gasteiger partial charge in [-0.05, 0) is 25.3 Å². The lowest BCUT2D eigenvalue weighted by Gasteiger charge is -2.27. The SMILES string of the molecule is Cc1nc2c(c(=O)[nH]1)CCN(C(=O)c1cc(C(C)C)n3ncnc3n1)C2. The van der Waals surface area contributed by atoms with E-state index < -0.39 is 0 Å². The second-order valence-corrected chi connectivity index (χ2v) is 6.75. The molecule has 0 aromatic carbocycles. The molecular weight excluding hydrogens is 334 g/mol. The van der Waals surface area contributed by atoms with Crippen LogP contribution in [0.25, 0.3) is 5.78 Å². The standard InChI is InChI=1S/C17H19N7O2/c1-9(2)14-6-12(22-17-18-8-19-24(14)17)16(26)23-5-4-11-13(7-23)20-10(3)21-15(11)25/h6,8-9H,4-5,7H2,1-3H3,(H,20,21,25). The van der Waals surface area contributed by atoms with Crippen LogP contribution in [-0.4, -0.2) is 46.9 Å². The van der Waals surface area contributed by atoms with Crippen LogP contribution in [0, 0.1) is 6.92 Å². The highest BCUT2D eigenvalue weighted by Gasteiger charge is 2.26. The van der Waals surface area contributed by atoms with Gasteiger partial charge in [0.25, 0.3) is 17.2 Å². The summed E-state index contributed by atoms with van der Waals surface area (Å²) in [7, 11) is 0. The molecule has 1 amide bonds. The van der Waals surface area contributed by atoms with Crippen molar-refractivity contribution in [3.63, 3.8) is 0 Å². The molecule has 3 aromatic rings. The highest BCUT2D eigenvalue weighted by Crippen LogP contribution is 2.19. The van der Waals surface area contributed by atoms with Gasteiger partial charge in [-0.15, -0.1) is 0 Å². The van der Waals surface area contributed by atoms with Gasteiger partial charge in [0.1, 0.15) is 17.8 Å². The van der Waals surface area contributed by atoms with Gasteiger partial charge in [-0.1, -0.05) is 13.8 Å². The first kappa shape index (κ1) is 16.4. The first-order valence-electron chi connectivity index (χ1n) is 8.52. The van der Waals surface area contributed by atoms with Crippen molar-refractivity contribution in [1.82, 2.24) is 34.4 Å². The fourth-order valence-electron chi connectivity index (χ4n) is 3.26.